The van der Waals surface area contributed by atoms with Crippen LogP contribution in [0.1, 0.15) is 37.2 Å². The molecule has 0 aliphatic carbocycles. The van der Waals surface area contributed by atoms with Crippen LogP contribution in [0.3, 0.4) is 0 Å². The van der Waals surface area contributed by atoms with Crippen LogP contribution < -0.4 is 11.1 Å². The van der Waals surface area contributed by atoms with Crippen molar-refractivity contribution >= 4 is 24.1 Å². The van der Waals surface area contributed by atoms with Crippen molar-refractivity contribution in [1.82, 2.24) is 24.9 Å². The topological polar surface area (TPSA) is 98.2 Å². The van der Waals surface area contributed by atoms with Crippen LogP contribution in [0, 0.1) is 13.8 Å². The summed E-state index contributed by atoms with van der Waals surface area (Å²) >= 11 is 0. The van der Waals surface area contributed by atoms with Crippen LogP contribution in [0.4, 0.5) is 0 Å². The summed E-state index contributed by atoms with van der Waals surface area (Å²) in [5, 5.41) is 6.99. The van der Waals surface area contributed by atoms with Gasteiger partial charge in [0.2, 0.25) is 5.91 Å². The lowest BCUT2D eigenvalue weighted by molar-refractivity contribution is -0.121. The van der Waals surface area contributed by atoms with Gasteiger partial charge in [-0.1, -0.05) is 0 Å². The van der Waals surface area contributed by atoms with Gasteiger partial charge in [0.1, 0.15) is 6.33 Å². The smallest absolute Gasteiger partial charge is 0.252 e. The van der Waals surface area contributed by atoms with Gasteiger partial charge in [0.05, 0.1) is 0 Å². The fourth-order valence-corrected chi connectivity index (χ4v) is 2.17. The van der Waals surface area contributed by atoms with E-state index in [1.54, 1.807) is 4.52 Å². The maximum absolute atomic E-state index is 11.9. The van der Waals surface area contributed by atoms with E-state index in [0.29, 0.717) is 25.2 Å². The summed E-state index contributed by atoms with van der Waals surface area (Å²) in [4.78, 5) is 20.4. The summed E-state index contributed by atoms with van der Waals surface area (Å²) in [6.45, 7) is 8.11. The molecule has 7 nitrogen and oxygen atoms in total. The van der Waals surface area contributed by atoms with E-state index in [4.69, 9.17) is 5.73 Å². The minimum atomic E-state index is -0.400. The number of fused-ring (bicyclic) bond motifs is 1. The lowest BCUT2D eigenvalue weighted by Gasteiger charge is -2.19. The second kappa shape index (κ2) is 7.02. The Morgan fingerprint density at radius 2 is 2.09 bits per heavy atom. The first-order chi connectivity index (χ1) is 9.78. The third-order valence-corrected chi connectivity index (χ3v) is 3.33. The minimum Gasteiger partial charge on any atom is -0.354 e. The maximum Gasteiger partial charge on any atom is 0.252 e. The van der Waals surface area contributed by atoms with E-state index in [2.05, 4.69) is 20.4 Å². The molecule has 0 radical (unpaired) electrons. The zero-order chi connectivity index (χ0) is 15.6. The van der Waals surface area contributed by atoms with Gasteiger partial charge >= 0.3 is 0 Å². The van der Waals surface area contributed by atoms with Crippen molar-refractivity contribution in [3.63, 3.8) is 0 Å². The Bertz CT molecular complexity index is 661. The predicted molar refractivity (Wildman–Crippen MR) is 87.1 cm³/mol. The molecule has 0 bridgehead atoms. The Hall–Kier alpha value is -1.73. The molecule has 22 heavy (non-hydrogen) atoms. The molecule has 8 heteroatoms. The number of nitrogens with two attached hydrogens (primary N) is 1. The van der Waals surface area contributed by atoms with E-state index in [1.807, 2.05) is 27.7 Å². The fourth-order valence-electron chi connectivity index (χ4n) is 2.17. The molecule has 0 aromatic carbocycles. The van der Waals surface area contributed by atoms with Crippen LogP contribution >= 0.6 is 12.4 Å². The molecule has 2 rings (SSSR count). The lowest BCUT2D eigenvalue weighted by atomic mass is 10.1. The number of hydrogen-bond acceptors (Lipinski definition) is 5. The Morgan fingerprint density at radius 3 is 2.73 bits per heavy atom. The van der Waals surface area contributed by atoms with Crippen molar-refractivity contribution in [1.29, 1.82) is 0 Å². The SMILES string of the molecule is Cc1nc2ncnn2c(C)c1CCC(=O)NCC(C)(C)N.Cl. The fraction of sp³-hybridized carbons (Fsp3) is 0.571. The Balaban J connectivity index is 0.00000242. The number of carbonyl (C=O) groups excluding carboxylic acids is 1. The van der Waals surface area contributed by atoms with Crippen molar-refractivity contribution in [2.24, 2.45) is 5.73 Å². The molecule has 122 valence electrons. The summed E-state index contributed by atoms with van der Waals surface area (Å²) < 4.78 is 1.70. The summed E-state index contributed by atoms with van der Waals surface area (Å²) in [5.41, 5.74) is 8.35. The molecule has 0 saturated heterocycles. The Kier molecular flexibility index (Phi) is 5.85. The van der Waals surface area contributed by atoms with Crippen LogP contribution in [0.15, 0.2) is 6.33 Å². The lowest BCUT2D eigenvalue weighted by Crippen LogP contribution is -2.45. The van der Waals surface area contributed by atoms with Gasteiger partial charge in [-0.2, -0.15) is 10.1 Å². The number of nitrogens with zero attached hydrogens (tertiary/aromatic N) is 4. The molecule has 3 N–H and O–H groups in total. The molecule has 0 fully saturated rings. The van der Waals surface area contributed by atoms with Gasteiger partial charge in [-0.25, -0.2) is 9.50 Å². The average Bonchev–Trinajstić information content (AvgIpc) is 2.83. The molecule has 2 aromatic heterocycles. The highest BCUT2D eigenvalue weighted by molar-refractivity contribution is 5.85. The van der Waals surface area contributed by atoms with E-state index in [9.17, 15) is 4.79 Å². The number of aryl methyl sites for hydroxylation is 2. The largest absolute Gasteiger partial charge is 0.354 e. The first kappa shape index (κ1) is 18.3. The monoisotopic (exact) mass is 326 g/mol. The van der Waals surface area contributed by atoms with E-state index < -0.39 is 5.54 Å². The van der Waals surface area contributed by atoms with Gasteiger partial charge < -0.3 is 11.1 Å². The van der Waals surface area contributed by atoms with E-state index >= 15 is 0 Å². The standard InChI is InChI=1S/C14H22N6O.ClH/c1-9-11(5-6-12(21)16-7-14(3,4)15)10(2)20-13(19-9)17-8-18-20;/h8H,5-7,15H2,1-4H3,(H,16,21);1H. The molecular formula is C14H23ClN6O. The second-order valence-corrected chi connectivity index (χ2v) is 6.00. The molecule has 0 aliphatic rings. The molecule has 0 saturated carbocycles. The minimum absolute atomic E-state index is 0. The number of rotatable bonds is 5. The van der Waals surface area contributed by atoms with Crippen molar-refractivity contribution < 1.29 is 4.79 Å². The van der Waals surface area contributed by atoms with E-state index in [1.165, 1.54) is 6.33 Å². The number of halogens is 1. The molecule has 0 aliphatic heterocycles. The van der Waals surface area contributed by atoms with Crippen LogP contribution in [0.2, 0.25) is 0 Å². The summed E-state index contributed by atoms with van der Waals surface area (Å²) in [5.74, 6) is 0.578. The maximum atomic E-state index is 11.9. The van der Waals surface area contributed by atoms with Crippen molar-refractivity contribution in [2.75, 3.05) is 6.54 Å². The number of amides is 1. The highest BCUT2D eigenvalue weighted by Gasteiger charge is 2.14. The molecule has 2 heterocycles. The Morgan fingerprint density at radius 1 is 1.41 bits per heavy atom. The normalized spacial score (nSPS) is 11.3. The van der Waals surface area contributed by atoms with Crippen molar-refractivity contribution in [3.8, 4) is 0 Å². The third kappa shape index (κ3) is 4.38. The van der Waals surface area contributed by atoms with E-state index in [0.717, 1.165) is 17.0 Å². The van der Waals surface area contributed by atoms with Gasteiger partial charge in [-0.05, 0) is 39.7 Å². The zero-order valence-corrected chi connectivity index (χ0v) is 14.2. The van der Waals surface area contributed by atoms with Gasteiger partial charge in [0, 0.05) is 29.9 Å². The van der Waals surface area contributed by atoms with Gasteiger partial charge in [-0.15, -0.1) is 12.4 Å². The molecule has 0 unspecified atom stereocenters. The molecule has 2 aromatic rings. The van der Waals surface area contributed by atoms with Gasteiger partial charge in [-0.3, -0.25) is 4.79 Å². The molecule has 0 spiro atoms. The number of aromatic nitrogens is 4. The third-order valence-electron chi connectivity index (χ3n) is 3.33. The van der Waals surface area contributed by atoms with E-state index in [-0.39, 0.29) is 18.3 Å². The summed E-state index contributed by atoms with van der Waals surface area (Å²) in [6.07, 6.45) is 2.51. The quantitative estimate of drug-likeness (QED) is 0.852. The predicted octanol–water partition coefficient (Wildman–Crippen LogP) is 0.949. The van der Waals surface area contributed by atoms with Gasteiger partial charge in [0.25, 0.3) is 5.78 Å². The average molecular weight is 327 g/mol. The van der Waals surface area contributed by atoms with Crippen LogP contribution in [0.25, 0.3) is 5.78 Å². The first-order valence-electron chi connectivity index (χ1n) is 6.99. The molecule has 0 atom stereocenters. The highest BCUT2D eigenvalue weighted by atomic mass is 35.5. The summed E-state index contributed by atoms with van der Waals surface area (Å²) in [7, 11) is 0. The number of nitrogens with one attached hydrogen (secondary N) is 1. The van der Waals surface area contributed by atoms with Crippen molar-refractivity contribution in [2.45, 2.75) is 46.1 Å². The van der Waals surface area contributed by atoms with Crippen molar-refractivity contribution in [3.05, 3.63) is 23.3 Å². The van der Waals surface area contributed by atoms with Crippen LogP contribution in [0.5, 0.6) is 0 Å². The number of hydrogen-bond donors (Lipinski definition) is 2. The molecule has 1 amide bonds. The zero-order valence-electron chi connectivity index (χ0n) is 13.4. The number of carbonyl (C=O) groups is 1. The van der Waals surface area contributed by atoms with Crippen LogP contribution in [-0.2, 0) is 11.2 Å². The second-order valence-electron chi connectivity index (χ2n) is 6.00. The van der Waals surface area contributed by atoms with Crippen LogP contribution in [-0.4, -0.2) is 37.6 Å². The summed E-state index contributed by atoms with van der Waals surface area (Å²) in [6, 6.07) is 0. The highest BCUT2D eigenvalue weighted by Crippen LogP contribution is 2.14. The first-order valence-corrected chi connectivity index (χ1v) is 6.99. The molecular weight excluding hydrogens is 304 g/mol. The Labute approximate surface area is 136 Å². The van der Waals surface area contributed by atoms with Gasteiger partial charge in [0.15, 0.2) is 0 Å².